The number of benzene rings is 3. The summed E-state index contributed by atoms with van der Waals surface area (Å²) in [7, 11) is 0. The summed E-state index contributed by atoms with van der Waals surface area (Å²) in [4.78, 5) is 21.1. The number of hydrogen-bond donors (Lipinski definition) is 2. The lowest BCUT2D eigenvalue weighted by Crippen LogP contribution is -2.22. The van der Waals surface area contributed by atoms with Gasteiger partial charge in [0.05, 0.1) is 6.61 Å². The minimum atomic E-state index is -0.307. The molecule has 0 saturated heterocycles. The van der Waals surface area contributed by atoms with Gasteiger partial charge >= 0.3 is 0 Å². The second-order valence-corrected chi connectivity index (χ2v) is 7.68. The second kappa shape index (κ2) is 11.0. The molecular weight excluding hydrogens is 431 g/mol. The Morgan fingerprint density at radius 1 is 0.941 bits per heavy atom. The molecule has 0 radical (unpaired) electrons. The van der Waals surface area contributed by atoms with E-state index < -0.39 is 0 Å². The Morgan fingerprint density at radius 3 is 2.35 bits per heavy atom. The Kier molecular flexibility index (Phi) is 7.45. The van der Waals surface area contributed by atoms with E-state index in [1.165, 1.54) is 12.1 Å². The van der Waals surface area contributed by atoms with E-state index in [0.717, 1.165) is 29.0 Å². The van der Waals surface area contributed by atoms with Crippen molar-refractivity contribution in [2.24, 2.45) is 0 Å². The van der Waals surface area contributed by atoms with Gasteiger partial charge in [0.1, 0.15) is 11.6 Å². The lowest BCUT2D eigenvalue weighted by Gasteiger charge is -2.09. The highest BCUT2D eigenvalue weighted by Gasteiger charge is 2.07. The molecule has 0 saturated carbocycles. The van der Waals surface area contributed by atoms with E-state index in [9.17, 15) is 9.18 Å². The van der Waals surface area contributed by atoms with E-state index >= 15 is 0 Å². The van der Waals surface area contributed by atoms with Gasteiger partial charge in [0.15, 0.2) is 0 Å². The van der Waals surface area contributed by atoms with Crippen molar-refractivity contribution < 1.29 is 13.9 Å². The van der Waals surface area contributed by atoms with Gasteiger partial charge in [-0.15, -0.1) is 0 Å². The van der Waals surface area contributed by atoms with Gasteiger partial charge in [-0.2, -0.15) is 0 Å². The van der Waals surface area contributed by atoms with Gasteiger partial charge in [0, 0.05) is 35.8 Å². The second-order valence-electron chi connectivity index (χ2n) is 7.68. The van der Waals surface area contributed by atoms with Crippen LogP contribution in [-0.4, -0.2) is 22.5 Å². The third kappa shape index (κ3) is 6.16. The summed E-state index contributed by atoms with van der Waals surface area (Å²) in [5.41, 5.74) is 3.73. The van der Waals surface area contributed by atoms with Gasteiger partial charge in [-0.1, -0.05) is 31.2 Å². The average molecular weight is 457 g/mol. The average Bonchev–Trinajstić information content (AvgIpc) is 2.87. The number of rotatable bonds is 9. The minimum Gasteiger partial charge on any atom is -0.494 e. The highest BCUT2D eigenvalue weighted by molar-refractivity contribution is 5.94. The van der Waals surface area contributed by atoms with Gasteiger partial charge in [0.2, 0.25) is 5.95 Å². The summed E-state index contributed by atoms with van der Waals surface area (Å²) in [5.74, 6) is 0.767. The zero-order valence-corrected chi connectivity index (χ0v) is 18.8. The number of aromatic nitrogens is 2. The number of carbonyl (C=O) groups excluding carboxylic acids is 1. The maximum Gasteiger partial charge on any atom is 0.251 e. The molecule has 0 spiro atoms. The molecule has 4 aromatic rings. The van der Waals surface area contributed by atoms with Crippen LogP contribution < -0.4 is 15.4 Å². The Hall–Kier alpha value is -4.26. The number of nitrogens with one attached hydrogen (secondary N) is 2. The third-order valence-corrected chi connectivity index (χ3v) is 5.06. The van der Waals surface area contributed by atoms with Crippen LogP contribution >= 0.6 is 0 Å². The SMILES string of the molecule is CCCOc1ccc(CNC(=O)c2ccc(Nc3ncc(-c4cccc(F)c4)cn3)cc2)cc1. The monoisotopic (exact) mass is 456 g/mol. The molecule has 6 nitrogen and oxygen atoms in total. The van der Waals surface area contributed by atoms with Crippen molar-refractivity contribution in [1.82, 2.24) is 15.3 Å². The van der Waals surface area contributed by atoms with Crippen LogP contribution in [0.4, 0.5) is 16.0 Å². The van der Waals surface area contributed by atoms with Crippen molar-refractivity contribution in [2.45, 2.75) is 19.9 Å². The number of nitrogens with zero attached hydrogens (tertiary/aromatic N) is 2. The molecule has 2 N–H and O–H groups in total. The number of halogens is 1. The van der Waals surface area contributed by atoms with Crippen molar-refractivity contribution in [3.05, 3.63) is 102 Å². The van der Waals surface area contributed by atoms with Gasteiger partial charge in [-0.25, -0.2) is 14.4 Å². The number of amides is 1. The molecule has 0 fully saturated rings. The first-order chi connectivity index (χ1) is 16.6. The van der Waals surface area contributed by atoms with E-state index in [1.807, 2.05) is 24.3 Å². The van der Waals surface area contributed by atoms with Crippen LogP contribution in [0.15, 0.2) is 85.2 Å². The lowest BCUT2D eigenvalue weighted by molar-refractivity contribution is 0.0951. The van der Waals surface area contributed by atoms with E-state index in [0.29, 0.717) is 30.2 Å². The standard InChI is InChI=1S/C27H25FN4O2/c1-2-14-34-25-12-6-19(7-13-25)16-29-26(33)20-8-10-24(11-9-20)32-27-30-17-22(18-31-27)21-4-3-5-23(28)15-21/h3-13,15,17-18H,2,14,16H2,1H3,(H,29,33)(H,30,31,32). The van der Waals surface area contributed by atoms with Crippen LogP contribution in [0.1, 0.15) is 29.3 Å². The lowest BCUT2D eigenvalue weighted by atomic mass is 10.1. The summed E-state index contributed by atoms with van der Waals surface area (Å²) in [6, 6.07) is 21.0. The Balaban J connectivity index is 1.30. The van der Waals surface area contributed by atoms with Crippen LogP contribution in [0.5, 0.6) is 5.75 Å². The van der Waals surface area contributed by atoms with E-state index in [1.54, 1.807) is 48.8 Å². The van der Waals surface area contributed by atoms with Gasteiger partial charge in [-0.3, -0.25) is 4.79 Å². The zero-order chi connectivity index (χ0) is 23.8. The molecule has 0 atom stereocenters. The Bertz CT molecular complexity index is 1230. The van der Waals surface area contributed by atoms with Crippen molar-refractivity contribution in [3.63, 3.8) is 0 Å². The molecule has 1 heterocycles. The summed E-state index contributed by atoms with van der Waals surface area (Å²) in [6.07, 6.45) is 4.23. The molecule has 3 aromatic carbocycles. The molecule has 1 aromatic heterocycles. The first-order valence-corrected chi connectivity index (χ1v) is 11.1. The van der Waals surface area contributed by atoms with Crippen molar-refractivity contribution >= 4 is 17.5 Å². The van der Waals surface area contributed by atoms with Gasteiger partial charge in [-0.05, 0) is 66.1 Å². The smallest absolute Gasteiger partial charge is 0.251 e. The van der Waals surface area contributed by atoms with Crippen LogP contribution in [-0.2, 0) is 6.54 Å². The largest absolute Gasteiger partial charge is 0.494 e. The number of ether oxygens (including phenoxy) is 1. The first kappa shape index (κ1) is 22.9. The van der Waals surface area contributed by atoms with Crippen LogP contribution in [0.3, 0.4) is 0 Å². The van der Waals surface area contributed by atoms with Gasteiger partial charge < -0.3 is 15.4 Å². The third-order valence-electron chi connectivity index (χ3n) is 5.06. The number of hydrogen-bond acceptors (Lipinski definition) is 5. The predicted molar refractivity (Wildman–Crippen MR) is 131 cm³/mol. The van der Waals surface area contributed by atoms with Crippen LogP contribution in [0.25, 0.3) is 11.1 Å². The first-order valence-electron chi connectivity index (χ1n) is 11.1. The maximum absolute atomic E-state index is 13.4. The van der Waals surface area contributed by atoms with E-state index in [4.69, 9.17) is 4.74 Å². The van der Waals surface area contributed by atoms with Crippen molar-refractivity contribution in [3.8, 4) is 16.9 Å². The summed E-state index contributed by atoms with van der Waals surface area (Å²) in [6.45, 7) is 3.18. The van der Waals surface area contributed by atoms with Crippen molar-refractivity contribution in [1.29, 1.82) is 0 Å². The topological polar surface area (TPSA) is 76.1 Å². The normalized spacial score (nSPS) is 10.5. The molecule has 0 unspecified atom stereocenters. The highest BCUT2D eigenvalue weighted by atomic mass is 19.1. The molecular formula is C27H25FN4O2. The number of anilines is 2. The molecule has 7 heteroatoms. The van der Waals surface area contributed by atoms with Crippen molar-refractivity contribution in [2.75, 3.05) is 11.9 Å². The van der Waals surface area contributed by atoms with Crippen LogP contribution in [0.2, 0.25) is 0 Å². The fraction of sp³-hybridized carbons (Fsp3) is 0.148. The summed E-state index contributed by atoms with van der Waals surface area (Å²) in [5, 5.41) is 6.02. The minimum absolute atomic E-state index is 0.159. The van der Waals surface area contributed by atoms with E-state index in [-0.39, 0.29) is 11.7 Å². The molecule has 0 aliphatic heterocycles. The zero-order valence-electron chi connectivity index (χ0n) is 18.8. The maximum atomic E-state index is 13.4. The Morgan fingerprint density at radius 2 is 1.68 bits per heavy atom. The molecule has 4 rings (SSSR count). The van der Waals surface area contributed by atoms with Gasteiger partial charge in [0.25, 0.3) is 5.91 Å². The fourth-order valence-corrected chi connectivity index (χ4v) is 3.25. The molecule has 0 aliphatic rings. The molecule has 0 bridgehead atoms. The molecule has 1 amide bonds. The highest BCUT2D eigenvalue weighted by Crippen LogP contribution is 2.20. The predicted octanol–water partition coefficient (Wildman–Crippen LogP) is 5.75. The van der Waals surface area contributed by atoms with E-state index in [2.05, 4.69) is 27.5 Å². The Labute approximate surface area is 197 Å². The summed E-state index contributed by atoms with van der Waals surface area (Å²) >= 11 is 0. The van der Waals surface area contributed by atoms with Crippen LogP contribution in [0, 0.1) is 5.82 Å². The molecule has 0 aliphatic carbocycles. The quantitative estimate of drug-likeness (QED) is 0.336. The molecule has 34 heavy (non-hydrogen) atoms. The number of carbonyl (C=O) groups is 1. The summed E-state index contributed by atoms with van der Waals surface area (Å²) < 4.78 is 19.0. The molecule has 172 valence electrons. The fourth-order valence-electron chi connectivity index (χ4n) is 3.25.